The van der Waals surface area contributed by atoms with Gasteiger partial charge in [-0.15, -0.1) is 34.0 Å². The van der Waals surface area contributed by atoms with E-state index in [1.54, 1.807) is 11.3 Å². The van der Waals surface area contributed by atoms with Crippen molar-refractivity contribution >= 4 is 134 Å². The summed E-state index contributed by atoms with van der Waals surface area (Å²) < 4.78 is 15.2. The third kappa shape index (κ3) is 7.70. The zero-order chi connectivity index (χ0) is 46.9. The number of benzene rings is 10. The van der Waals surface area contributed by atoms with Crippen molar-refractivity contribution in [3.05, 3.63) is 231 Å². The molecule has 1 radical (unpaired) electrons. The molecule has 70 heavy (non-hydrogen) atoms. The predicted molar refractivity (Wildman–Crippen MR) is 309 cm³/mol. The van der Waals surface area contributed by atoms with Crippen molar-refractivity contribution in [3.63, 3.8) is 0 Å². The maximum absolute atomic E-state index is 8.71. The highest BCUT2D eigenvalue weighted by molar-refractivity contribution is 9.10. The van der Waals surface area contributed by atoms with Crippen LogP contribution in [0.4, 0.5) is 0 Å². The SMILES string of the molecule is Brc1ccc2c(c1)Cc1cc(Br)ccc1-2.O[B]Oc1cccc2c1sc1ccccc12.c1ccc2c(c1)sc1c(-c3ccc4c(c3)Cc3cc(-c5cccc6c5sc5ccccc56)ccc3-4)cccc12. The molecule has 0 saturated heterocycles. The summed E-state index contributed by atoms with van der Waals surface area (Å²) in [6.07, 6.45) is 2.03. The van der Waals surface area contributed by atoms with Crippen LogP contribution in [0.25, 0.3) is 105 Å². The van der Waals surface area contributed by atoms with Crippen molar-refractivity contribution < 1.29 is 9.68 Å². The van der Waals surface area contributed by atoms with Crippen LogP contribution in [-0.2, 0) is 12.8 Å². The van der Waals surface area contributed by atoms with Crippen LogP contribution >= 0.6 is 65.9 Å². The van der Waals surface area contributed by atoms with E-state index in [9.17, 15) is 0 Å². The molecule has 0 bridgehead atoms. The van der Waals surface area contributed by atoms with Crippen molar-refractivity contribution in [3.8, 4) is 50.3 Å². The van der Waals surface area contributed by atoms with Gasteiger partial charge >= 0.3 is 7.69 Å². The van der Waals surface area contributed by atoms with E-state index in [1.807, 2.05) is 46.9 Å². The summed E-state index contributed by atoms with van der Waals surface area (Å²) in [6, 6.07) is 72.3. The average Bonchev–Trinajstić information content (AvgIpc) is 4.22. The second-order valence-electron chi connectivity index (χ2n) is 17.7. The van der Waals surface area contributed by atoms with E-state index in [2.05, 4.69) is 208 Å². The largest absolute Gasteiger partial charge is 0.569 e. The van der Waals surface area contributed by atoms with Crippen LogP contribution in [0.15, 0.2) is 209 Å². The van der Waals surface area contributed by atoms with E-state index >= 15 is 0 Å². The fraction of sp³-hybridized carbons (Fsp3) is 0.0323. The lowest BCUT2D eigenvalue weighted by Gasteiger charge is -2.08. The Labute approximate surface area is 434 Å². The molecule has 0 saturated carbocycles. The third-order valence-electron chi connectivity index (χ3n) is 13.7. The van der Waals surface area contributed by atoms with Crippen molar-refractivity contribution in [2.24, 2.45) is 0 Å². The number of thiophene rings is 3. The minimum atomic E-state index is 0.696. The predicted octanol–water partition coefficient (Wildman–Crippen LogP) is 19.1. The smallest absolute Gasteiger partial charge is 0.536 e. The zero-order valence-corrected chi connectivity index (χ0v) is 43.0. The highest BCUT2D eigenvalue weighted by Gasteiger charge is 2.22. The van der Waals surface area contributed by atoms with Gasteiger partial charge in [-0.1, -0.05) is 184 Å². The molecule has 333 valence electrons. The molecule has 3 aromatic heterocycles. The molecule has 10 aromatic carbocycles. The Bertz CT molecular complexity index is 4000. The van der Waals surface area contributed by atoms with Crippen molar-refractivity contribution in [1.82, 2.24) is 0 Å². The summed E-state index contributed by atoms with van der Waals surface area (Å²) in [5, 5.41) is 16.5. The Morgan fingerprint density at radius 3 is 1.19 bits per heavy atom. The fourth-order valence-electron chi connectivity index (χ4n) is 10.5. The molecule has 0 atom stereocenters. The molecular formula is C62H38BBr2O2S3. The number of fused-ring (bicyclic) bond motifs is 15. The molecule has 0 aliphatic heterocycles. The maximum atomic E-state index is 8.71. The van der Waals surface area contributed by atoms with Crippen LogP contribution in [0.1, 0.15) is 22.3 Å². The van der Waals surface area contributed by atoms with E-state index in [4.69, 9.17) is 9.68 Å². The molecule has 15 rings (SSSR count). The summed E-state index contributed by atoms with van der Waals surface area (Å²) in [7, 11) is 0.721. The summed E-state index contributed by atoms with van der Waals surface area (Å²) >= 11 is 12.5. The first kappa shape index (κ1) is 43.6. The van der Waals surface area contributed by atoms with Crippen LogP contribution in [0.5, 0.6) is 5.75 Å². The van der Waals surface area contributed by atoms with Gasteiger partial charge in [0.2, 0.25) is 0 Å². The van der Waals surface area contributed by atoms with Gasteiger partial charge in [0.15, 0.2) is 0 Å². The maximum Gasteiger partial charge on any atom is 0.569 e. The molecule has 2 nitrogen and oxygen atoms in total. The molecule has 13 aromatic rings. The fourth-order valence-corrected chi connectivity index (χ4v) is 15.0. The van der Waals surface area contributed by atoms with E-state index in [1.165, 1.54) is 123 Å². The van der Waals surface area contributed by atoms with E-state index in [0.29, 0.717) is 5.75 Å². The standard InChI is InChI=1S/C37H22S2.C13H8Br2.C12H8BO2S/c1-3-13-34-30(7-1)32-11-5-9-28(36(32)38-34)22-15-17-26-24(19-22)21-25-20-23(16-18-27(25)26)29-10-6-12-33-31-8-2-4-14-35(31)39-37(29)33;14-10-1-3-12-8(6-10)5-9-7-11(15)2-4-13(9)12;14-13-15-10-6-3-5-9-8-4-1-2-7-11(8)16-12(9)10/h1-20H,21H2;1-4,6-7H,5H2;1-7,14H. The van der Waals surface area contributed by atoms with E-state index in [-0.39, 0.29) is 0 Å². The first-order chi connectivity index (χ1) is 34.5. The third-order valence-corrected chi connectivity index (χ3v) is 18.3. The molecule has 0 fully saturated rings. The summed E-state index contributed by atoms with van der Waals surface area (Å²) in [5.74, 6) is 0.696. The number of hydrogen-bond donors (Lipinski definition) is 1. The van der Waals surface area contributed by atoms with Gasteiger partial charge in [-0.05, 0) is 128 Å². The lowest BCUT2D eigenvalue weighted by Crippen LogP contribution is -1.99. The Morgan fingerprint density at radius 1 is 0.357 bits per heavy atom. The summed E-state index contributed by atoms with van der Waals surface area (Å²) in [6.45, 7) is 0. The van der Waals surface area contributed by atoms with Gasteiger partial charge in [0.05, 0.1) is 4.70 Å². The van der Waals surface area contributed by atoms with Gasteiger partial charge in [-0.25, -0.2) is 0 Å². The molecule has 2 aliphatic rings. The Kier molecular flexibility index (Phi) is 11.3. The van der Waals surface area contributed by atoms with Crippen molar-refractivity contribution in [2.45, 2.75) is 12.8 Å². The lowest BCUT2D eigenvalue weighted by molar-refractivity contribution is 0.457. The molecule has 1 N–H and O–H groups in total. The van der Waals surface area contributed by atoms with Crippen LogP contribution in [0.2, 0.25) is 0 Å². The number of rotatable bonds is 4. The van der Waals surface area contributed by atoms with Gasteiger partial charge in [0, 0.05) is 64.8 Å². The van der Waals surface area contributed by atoms with Gasteiger partial charge in [-0.2, -0.15) is 0 Å². The topological polar surface area (TPSA) is 29.5 Å². The zero-order valence-electron chi connectivity index (χ0n) is 37.4. The van der Waals surface area contributed by atoms with Gasteiger partial charge < -0.3 is 9.68 Å². The first-order valence-corrected chi connectivity index (χ1v) is 27.2. The van der Waals surface area contributed by atoms with E-state index < -0.39 is 0 Å². The molecule has 0 spiro atoms. The highest BCUT2D eigenvalue weighted by atomic mass is 79.9. The van der Waals surface area contributed by atoms with Crippen LogP contribution in [0.3, 0.4) is 0 Å². The van der Waals surface area contributed by atoms with Crippen LogP contribution < -0.4 is 4.65 Å². The summed E-state index contributed by atoms with van der Waals surface area (Å²) in [5.41, 5.74) is 16.5. The average molecular weight is 1080 g/mol. The van der Waals surface area contributed by atoms with E-state index in [0.717, 1.165) is 34.2 Å². The van der Waals surface area contributed by atoms with Crippen LogP contribution in [-0.4, -0.2) is 12.7 Å². The lowest BCUT2D eigenvalue weighted by atomic mass is 9.97. The monoisotopic (exact) mass is 1080 g/mol. The number of hydrogen-bond acceptors (Lipinski definition) is 5. The van der Waals surface area contributed by atoms with Gasteiger partial charge in [0.25, 0.3) is 0 Å². The second-order valence-corrected chi connectivity index (χ2v) is 22.7. The minimum Gasteiger partial charge on any atom is -0.536 e. The van der Waals surface area contributed by atoms with Crippen LogP contribution in [0, 0.1) is 0 Å². The number of halogens is 2. The van der Waals surface area contributed by atoms with Crippen molar-refractivity contribution in [1.29, 1.82) is 0 Å². The van der Waals surface area contributed by atoms with Crippen molar-refractivity contribution in [2.75, 3.05) is 0 Å². The van der Waals surface area contributed by atoms with Gasteiger partial charge in [-0.3, -0.25) is 0 Å². The molecule has 0 unspecified atom stereocenters. The molecule has 8 heteroatoms. The molecule has 3 heterocycles. The molecular weight excluding hydrogens is 1040 g/mol. The summed E-state index contributed by atoms with van der Waals surface area (Å²) in [4.78, 5) is 0. The first-order valence-electron chi connectivity index (χ1n) is 23.1. The molecule has 2 aliphatic carbocycles. The normalized spacial score (nSPS) is 12.1. The Balaban J connectivity index is 0.000000126. The Morgan fingerprint density at radius 2 is 0.729 bits per heavy atom. The second kappa shape index (κ2) is 18.1. The highest BCUT2D eigenvalue weighted by Crippen LogP contribution is 2.46. The van der Waals surface area contributed by atoms with Gasteiger partial charge in [0.1, 0.15) is 5.75 Å². The molecule has 0 amide bonds. The minimum absolute atomic E-state index is 0.696. The Hall–Kier alpha value is -6.36. The quantitative estimate of drug-likeness (QED) is 0.178.